The van der Waals surface area contributed by atoms with Gasteiger partial charge in [-0.3, -0.25) is 4.79 Å². The largest absolute Gasteiger partial charge is 0.492 e. The highest BCUT2D eigenvalue weighted by Gasteiger charge is 2.26. The molecule has 5 heteroatoms. The summed E-state index contributed by atoms with van der Waals surface area (Å²) in [6.45, 7) is 4.03. The van der Waals surface area contributed by atoms with Crippen LogP contribution in [-0.2, 0) is 4.79 Å². The van der Waals surface area contributed by atoms with Crippen molar-refractivity contribution in [1.82, 2.24) is 4.90 Å². The van der Waals surface area contributed by atoms with Crippen LogP contribution in [0.2, 0.25) is 5.02 Å². The van der Waals surface area contributed by atoms with E-state index in [4.69, 9.17) is 22.1 Å². The molecule has 0 aliphatic carbocycles. The molecule has 0 aromatic heterocycles. The van der Waals surface area contributed by atoms with Crippen molar-refractivity contribution >= 4 is 17.5 Å². The topological polar surface area (TPSA) is 55.6 Å². The summed E-state index contributed by atoms with van der Waals surface area (Å²) < 4.78 is 5.79. The van der Waals surface area contributed by atoms with E-state index in [0.717, 1.165) is 25.9 Å². The average Bonchev–Trinajstić information content (AvgIpc) is 2.53. The molecule has 1 aliphatic heterocycles. The molecule has 0 saturated carbocycles. The SMILES string of the molecule is CC[C@@H](N)C(=O)N1CCC[C@H](COc2ccccc2Cl)C1. The summed E-state index contributed by atoms with van der Waals surface area (Å²) in [7, 11) is 0. The van der Waals surface area contributed by atoms with Crippen molar-refractivity contribution in [2.75, 3.05) is 19.7 Å². The molecule has 0 spiro atoms. The van der Waals surface area contributed by atoms with E-state index < -0.39 is 0 Å². The molecule has 0 bridgehead atoms. The van der Waals surface area contributed by atoms with Gasteiger partial charge in [-0.25, -0.2) is 0 Å². The molecule has 1 saturated heterocycles. The number of carbonyl (C=O) groups is 1. The number of amides is 1. The van der Waals surface area contributed by atoms with Gasteiger partial charge >= 0.3 is 0 Å². The van der Waals surface area contributed by atoms with Crippen LogP contribution < -0.4 is 10.5 Å². The molecule has 1 amide bonds. The number of likely N-dealkylation sites (tertiary alicyclic amines) is 1. The molecule has 2 atom stereocenters. The lowest BCUT2D eigenvalue weighted by Crippen LogP contribution is -2.48. The summed E-state index contributed by atoms with van der Waals surface area (Å²) in [5, 5.41) is 0.620. The quantitative estimate of drug-likeness (QED) is 0.909. The van der Waals surface area contributed by atoms with Gasteiger partial charge in [0.25, 0.3) is 0 Å². The molecule has 0 radical (unpaired) electrons. The van der Waals surface area contributed by atoms with Gasteiger partial charge in [-0.1, -0.05) is 30.7 Å². The number of nitrogens with two attached hydrogens (primary N) is 1. The summed E-state index contributed by atoms with van der Waals surface area (Å²) in [6, 6.07) is 7.07. The first-order chi connectivity index (χ1) is 10.1. The maximum atomic E-state index is 12.1. The Bertz CT molecular complexity index is 481. The second kappa shape index (κ2) is 7.66. The Morgan fingerprint density at radius 3 is 3.00 bits per heavy atom. The minimum Gasteiger partial charge on any atom is -0.492 e. The van der Waals surface area contributed by atoms with E-state index in [1.165, 1.54) is 0 Å². The van der Waals surface area contributed by atoms with Gasteiger partial charge in [-0.15, -0.1) is 0 Å². The highest BCUT2D eigenvalue weighted by atomic mass is 35.5. The molecule has 1 aromatic carbocycles. The van der Waals surface area contributed by atoms with Crippen LogP contribution in [0.15, 0.2) is 24.3 Å². The van der Waals surface area contributed by atoms with Gasteiger partial charge in [-0.05, 0) is 31.4 Å². The second-order valence-electron chi connectivity index (χ2n) is 5.55. The minimum atomic E-state index is -0.381. The zero-order valence-electron chi connectivity index (χ0n) is 12.4. The third kappa shape index (κ3) is 4.35. The number of piperidine rings is 1. The van der Waals surface area contributed by atoms with Gasteiger partial charge in [0.2, 0.25) is 5.91 Å². The maximum absolute atomic E-state index is 12.1. The van der Waals surface area contributed by atoms with Crippen molar-refractivity contribution in [2.24, 2.45) is 11.7 Å². The van der Waals surface area contributed by atoms with Gasteiger partial charge in [-0.2, -0.15) is 0 Å². The first-order valence-electron chi connectivity index (χ1n) is 7.53. The van der Waals surface area contributed by atoms with E-state index in [2.05, 4.69) is 0 Å². The van der Waals surface area contributed by atoms with Crippen molar-refractivity contribution in [2.45, 2.75) is 32.2 Å². The Morgan fingerprint density at radius 2 is 2.29 bits per heavy atom. The number of halogens is 1. The number of rotatable bonds is 5. The summed E-state index contributed by atoms with van der Waals surface area (Å²) in [5.41, 5.74) is 5.84. The molecule has 2 N–H and O–H groups in total. The Labute approximate surface area is 131 Å². The normalized spacial score (nSPS) is 20.1. The second-order valence-corrected chi connectivity index (χ2v) is 5.96. The minimum absolute atomic E-state index is 0.0555. The van der Waals surface area contributed by atoms with E-state index in [-0.39, 0.29) is 11.9 Å². The molecule has 4 nitrogen and oxygen atoms in total. The van der Waals surface area contributed by atoms with Crippen LogP contribution in [0.1, 0.15) is 26.2 Å². The number of hydrogen-bond acceptors (Lipinski definition) is 3. The van der Waals surface area contributed by atoms with Crippen molar-refractivity contribution < 1.29 is 9.53 Å². The lowest BCUT2D eigenvalue weighted by Gasteiger charge is -2.34. The molecule has 1 fully saturated rings. The Kier molecular flexibility index (Phi) is 5.88. The summed E-state index contributed by atoms with van der Waals surface area (Å²) in [5.74, 6) is 1.09. The third-order valence-corrected chi connectivity index (χ3v) is 4.21. The predicted molar refractivity (Wildman–Crippen MR) is 84.5 cm³/mol. The van der Waals surface area contributed by atoms with Crippen LogP contribution in [0.5, 0.6) is 5.75 Å². The van der Waals surface area contributed by atoms with Gasteiger partial charge in [0, 0.05) is 19.0 Å². The van der Waals surface area contributed by atoms with Gasteiger partial charge in [0.05, 0.1) is 17.7 Å². The molecule has 1 heterocycles. The van der Waals surface area contributed by atoms with Gasteiger partial charge < -0.3 is 15.4 Å². The van der Waals surface area contributed by atoms with Crippen LogP contribution in [0.3, 0.4) is 0 Å². The highest BCUT2D eigenvalue weighted by molar-refractivity contribution is 6.32. The highest BCUT2D eigenvalue weighted by Crippen LogP contribution is 2.25. The average molecular weight is 311 g/mol. The van der Waals surface area contributed by atoms with Crippen LogP contribution in [0.4, 0.5) is 0 Å². The standard InChI is InChI=1S/C16H23ClN2O2/c1-2-14(18)16(20)19-9-5-6-12(10-19)11-21-15-8-4-3-7-13(15)17/h3-4,7-8,12,14H,2,5-6,9-11,18H2,1H3/t12-,14+/m0/s1. The van der Waals surface area contributed by atoms with Crippen molar-refractivity contribution in [3.8, 4) is 5.75 Å². The number of hydrogen-bond donors (Lipinski definition) is 1. The number of ether oxygens (including phenoxy) is 1. The number of carbonyl (C=O) groups excluding carboxylic acids is 1. The van der Waals surface area contributed by atoms with E-state index in [0.29, 0.717) is 29.7 Å². The lowest BCUT2D eigenvalue weighted by atomic mass is 9.98. The molecule has 0 unspecified atom stereocenters. The van der Waals surface area contributed by atoms with Gasteiger partial charge in [0.15, 0.2) is 0 Å². The monoisotopic (exact) mass is 310 g/mol. The third-order valence-electron chi connectivity index (χ3n) is 3.90. The Morgan fingerprint density at radius 1 is 1.52 bits per heavy atom. The number of nitrogens with zero attached hydrogens (tertiary/aromatic N) is 1. The Balaban J connectivity index is 1.87. The zero-order valence-corrected chi connectivity index (χ0v) is 13.2. The molecular formula is C16H23ClN2O2. The van der Waals surface area contributed by atoms with Crippen molar-refractivity contribution in [3.63, 3.8) is 0 Å². The van der Waals surface area contributed by atoms with Crippen LogP contribution >= 0.6 is 11.6 Å². The summed E-state index contributed by atoms with van der Waals surface area (Å²) in [6.07, 6.45) is 2.74. The Hall–Kier alpha value is -1.26. The van der Waals surface area contributed by atoms with E-state index in [9.17, 15) is 4.79 Å². The fourth-order valence-corrected chi connectivity index (χ4v) is 2.77. The fourth-order valence-electron chi connectivity index (χ4n) is 2.58. The van der Waals surface area contributed by atoms with E-state index in [1.54, 1.807) is 0 Å². The first kappa shape index (κ1) is 16.1. The van der Waals surface area contributed by atoms with Crippen LogP contribution in [-0.4, -0.2) is 36.5 Å². The number of benzene rings is 1. The molecule has 2 rings (SSSR count). The van der Waals surface area contributed by atoms with Crippen LogP contribution in [0, 0.1) is 5.92 Å². The lowest BCUT2D eigenvalue weighted by molar-refractivity contribution is -0.134. The number of para-hydroxylation sites is 1. The van der Waals surface area contributed by atoms with Crippen molar-refractivity contribution in [3.05, 3.63) is 29.3 Å². The molecule has 116 valence electrons. The van der Waals surface area contributed by atoms with Crippen LogP contribution in [0.25, 0.3) is 0 Å². The predicted octanol–water partition coefficient (Wildman–Crippen LogP) is 2.69. The van der Waals surface area contributed by atoms with Crippen molar-refractivity contribution in [1.29, 1.82) is 0 Å². The molecule has 1 aliphatic rings. The summed E-state index contributed by atoms with van der Waals surface area (Å²) in [4.78, 5) is 14.0. The maximum Gasteiger partial charge on any atom is 0.239 e. The zero-order chi connectivity index (χ0) is 15.2. The first-order valence-corrected chi connectivity index (χ1v) is 7.91. The molecular weight excluding hydrogens is 288 g/mol. The smallest absolute Gasteiger partial charge is 0.239 e. The fraction of sp³-hybridized carbons (Fsp3) is 0.562. The van der Waals surface area contributed by atoms with E-state index in [1.807, 2.05) is 36.1 Å². The summed E-state index contributed by atoms with van der Waals surface area (Å²) >= 11 is 6.08. The van der Waals surface area contributed by atoms with Gasteiger partial charge in [0.1, 0.15) is 5.75 Å². The van der Waals surface area contributed by atoms with E-state index >= 15 is 0 Å². The molecule has 21 heavy (non-hydrogen) atoms. The molecule has 1 aromatic rings.